The van der Waals surface area contributed by atoms with Crippen LogP contribution in [0, 0.1) is 6.92 Å². The van der Waals surface area contributed by atoms with Crippen LogP contribution in [-0.4, -0.2) is 20.2 Å². The molecule has 2 N–H and O–H groups in total. The van der Waals surface area contributed by atoms with Crippen LogP contribution in [0.4, 0.5) is 0 Å². The molecule has 0 saturated carbocycles. The lowest BCUT2D eigenvalue weighted by Gasteiger charge is -2.07. The van der Waals surface area contributed by atoms with Crippen LogP contribution in [0.15, 0.2) is 28.3 Å². The van der Waals surface area contributed by atoms with E-state index in [1.54, 1.807) is 4.68 Å². The second-order valence-electron chi connectivity index (χ2n) is 3.50. The van der Waals surface area contributed by atoms with Crippen LogP contribution in [0.25, 0.3) is 0 Å². The zero-order valence-electron chi connectivity index (χ0n) is 9.21. The molecule has 0 unspecified atom stereocenters. The lowest BCUT2D eigenvalue weighted by Crippen LogP contribution is -1.99. The van der Waals surface area contributed by atoms with Gasteiger partial charge in [0.25, 0.3) is 0 Å². The molecule has 0 aliphatic rings. The number of rotatable bonds is 3. The van der Waals surface area contributed by atoms with Crippen LogP contribution in [0.2, 0.25) is 0 Å². The summed E-state index contributed by atoms with van der Waals surface area (Å²) in [6.07, 6.45) is 0. The van der Waals surface area contributed by atoms with Crippen molar-refractivity contribution in [2.45, 2.75) is 23.5 Å². The summed E-state index contributed by atoms with van der Waals surface area (Å²) in [5, 5.41) is 12.1. The SMILES string of the molecule is Cc1ccc(CN)c(Sc2nnnn2C)c1. The van der Waals surface area contributed by atoms with E-state index >= 15 is 0 Å². The van der Waals surface area contributed by atoms with E-state index in [-0.39, 0.29) is 0 Å². The summed E-state index contributed by atoms with van der Waals surface area (Å²) in [4.78, 5) is 1.11. The molecule has 0 atom stereocenters. The summed E-state index contributed by atoms with van der Waals surface area (Å²) < 4.78 is 1.65. The van der Waals surface area contributed by atoms with Gasteiger partial charge in [-0.05, 0) is 46.3 Å². The molecule has 0 bridgehead atoms. The third-order valence-electron chi connectivity index (χ3n) is 2.23. The Balaban J connectivity index is 2.33. The molecule has 0 amide bonds. The molecule has 0 radical (unpaired) electrons. The molecule has 0 spiro atoms. The highest BCUT2D eigenvalue weighted by Crippen LogP contribution is 2.28. The number of nitrogens with two attached hydrogens (primary N) is 1. The predicted octanol–water partition coefficient (Wildman–Crippen LogP) is 1.13. The van der Waals surface area contributed by atoms with E-state index in [4.69, 9.17) is 5.73 Å². The minimum Gasteiger partial charge on any atom is -0.326 e. The topological polar surface area (TPSA) is 69.6 Å². The van der Waals surface area contributed by atoms with Gasteiger partial charge >= 0.3 is 0 Å². The molecule has 0 aliphatic carbocycles. The van der Waals surface area contributed by atoms with E-state index in [9.17, 15) is 0 Å². The van der Waals surface area contributed by atoms with E-state index in [2.05, 4.69) is 34.6 Å². The van der Waals surface area contributed by atoms with Crippen molar-refractivity contribution in [2.24, 2.45) is 12.8 Å². The van der Waals surface area contributed by atoms with Gasteiger partial charge in [0.2, 0.25) is 5.16 Å². The predicted molar refractivity (Wildman–Crippen MR) is 62.0 cm³/mol. The first-order valence-corrected chi connectivity index (χ1v) is 5.72. The van der Waals surface area contributed by atoms with Crippen molar-refractivity contribution in [3.8, 4) is 0 Å². The fourth-order valence-corrected chi connectivity index (χ4v) is 2.30. The van der Waals surface area contributed by atoms with Gasteiger partial charge in [0.1, 0.15) is 0 Å². The first-order chi connectivity index (χ1) is 7.70. The van der Waals surface area contributed by atoms with Gasteiger partial charge in [-0.25, -0.2) is 4.68 Å². The van der Waals surface area contributed by atoms with Gasteiger partial charge in [0.15, 0.2) is 0 Å². The Bertz CT molecular complexity index is 494. The molecule has 16 heavy (non-hydrogen) atoms. The maximum absolute atomic E-state index is 5.70. The molecule has 0 fully saturated rings. The largest absolute Gasteiger partial charge is 0.326 e. The van der Waals surface area contributed by atoms with E-state index in [1.807, 2.05) is 13.1 Å². The Hall–Kier alpha value is -1.40. The zero-order valence-corrected chi connectivity index (χ0v) is 10.0. The number of nitrogens with zero attached hydrogens (tertiary/aromatic N) is 4. The minimum atomic E-state index is 0.522. The van der Waals surface area contributed by atoms with Gasteiger partial charge in [0.05, 0.1) is 0 Å². The number of hydrogen-bond acceptors (Lipinski definition) is 5. The number of tetrazole rings is 1. The fraction of sp³-hybridized carbons (Fsp3) is 0.300. The van der Waals surface area contributed by atoms with E-state index in [1.165, 1.54) is 17.3 Å². The summed E-state index contributed by atoms with van der Waals surface area (Å²) in [6.45, 7) is 2.58. The normalized spacial score (nSPS) is 10.7. The first kappa shape index (κ1) is 11.1. The second-order valence-corrected chi connectivity index (χ2v) is 4.51. The molecule has 0 saturated heterocycles. The number of aromatic nitrogens is 4. The summed E-state index contributed by atoms with van der Waals surface area (Å²) >= 11 is 1.53. The summed E-state index contributed by atoms with van der Waals surface area (Å²) in [7, 11) is 1.82. The molecule has 2 aromatic rings. The Kier molecular flexibility index (Phi) is 3.21. The Morgan fingerprint density at radius 2 is 2.25 bits per heavy atom. The van der Waals surface area contributed by atoms with E-state index in [0.717, 1.165) is 15.6 Å². The lowest BCUT2D eigenvalue weighted by molar-refractivity contribution is 0.664. The molecule has 0 aliphatic heterocycles. The van der Waals surface area contributed by atoms with Crippen molar-refractivity contribution in [3.05, 3.63) is 29.3 Å². The third kappa shape index (κ3) is 2.23. The number of benzene rings is 1. The monoisotopic (exact) mass is 235 g/mol. The Labute approximate surface area is 98.0 Å². The molecule has 1 aromatic heterocycles. The molecular weight excluding hydrogens is 222 g/mol. The highest BCUT2D eigenvalue weighted by Gasteiger charge is 2.08. The van der Waals surface area contributed by atoms with Gasteiger partial charge in [-0.15, -0.1) is 5.10 Å². The Morgan fingerprint density at radius 3 is 2.88 bits per heavy atom. The van der Waals surface area contributed by atoms with Gasteiger partial charge < -0.3 is 5.73 Å². The molecule has 2 rings (SSSR count). The van der Waals surface area contributed by atoms with Crippen molar-refractivity contribution in [1.29, 1.82) is 0 Å². The van der Waals surface area contributed by atoms with Crippen LogP contribution >= 0.6 is 11.8 Å². The molecular formula is C10H13N5S. The highest BCUT2D eigenvalue weighted by atomic mass is 32.2. The number of hydrogen-bond donors (Lipinski definition) is 1. The summed E-state index contributed by atoms with van der Waals surface area (Å²) in [5.41, 5.74) is 8.01. The quantitative estimate of drug-likeness (QED) is 0.863. The standard InChI is InChI=1S/C10H13N5S/c1-7-3-4-8(6-11)9(5-7)16-10-12-13-14-15(10)2/h3-5H,6,11H2,1-2H3. The molecule has 1 aromatic carbocycles. The van der Waals surface area contributed by atoms with Crippen LogP contribution in [-0.2, 0) is 13.6 Å². The van der Waals surface area contributed by atoms with Crippen molar-refractivity contribution < 1.29 is 0 Å². The lowest BCUT2D eigenvalue weighted by atomic mass is 10.1. The molecule has 1 heterocycles. The van der Waals surface area contributed by atoms with Gasteiger partial charge in [0, 0.05) is 18.5 Å². The summed E-state index contributed by atoms with van der Waals surface area (Å²) in [6, 6.07) is 6.20. The van der Waals surface area contributed by atoms with Crippen molar-refractivity contribution in [1.82, 2.24) is 20.2 Å². The average Bonchev–Trinajstić information content (AvgIpc) is 2.65. The maximum Gasteiger partial charge on any atom is 0.213 e. The molecule has 84 valence electrons. The third-order valence-corrected chi connectivity index (χ3v) is 3.35. The summed E-state index contributed by atoms with van der Waals surface area (Å²) in [5.74, 6) is 0. The van der Waals surface area contributed by atoms with Gasteiger partial charge in [-0.3, -0.25) is 0 Å². The number of aryl methyl sites for hydroxylation is 2. The molecule has 6 heteroatoms. The van der Waals surface area contributed by atoms with Crippen molar-refractivity contribution in [3.63, 3.8) is 0 Å². The van der Waals surface area contributed by atoms with Crippen LogP contribution in [0.3, 0.4) is 0 Å². The van der Waals surface area contributed by atoms with Crippen molar-refractivity contribution >= 4 is 11.8 Å². The molecule has 5 nitrogen and oxygen atoms in total. The second kappa shape index (κ2) is 4.63. The highest BCUT2D eigenvalue weighted by molar-refractivity contribution is 7.99. The van der Waals surface area contributed by atoms with E-state index < -0.39 is 0 Å². The smallest absolute Gasteiger partial charge is 0.213 e. The maximum atomic E-state index is 5.70. The zero-order chi connectivity index (χ0) is 11.5. The van der Waals surface area contributed by atoms with Gasteiger partial charge in [-0.2, -0.15) is 0 Å². The first-order valence-electron chi connectivity index (χ1n) is 4.90. The van der Waals surface area contributed by atoms with Gasteiger partial charge in [-0.1, -0.05) is 12.1 Å². The van der Waals surface area contributed by atoms with Crippen LogP contribution in [0.5, 0.6) is 0 Å². The average molecular weight is 235 g/mol. The van der Waals surface area contributed by atoms with E-state index in [0.29, 0.717) is 6.54 Å². The van der Waals surface area contributed by atoms with Crippen molar-refractivity contribution in [2.75, 3.05) is 0 Å². The minimum absolute atomic E-state index is 0.522. The van der Waals surface area contributed by atoms with Crippen LogP contribution < -0.4 is 5.73 Å². The fourth-order valence-electron chi connectivity index (χ4n) is 1.33. The Morgan fingerprint density at radius 1 is 1.44 bits per heavy atom. The van der Waals surface area contributed by atoms with Crippen LogP contribution in [0.1, 0.15) is 11.1 Å².